The zero-order valence-corrected chi connectivity index (χ0v) is 16.7. The summed E-state index contributed by atoms with van der Waals surface area (Å²) in [4.78, 5) is 0.155. The fourth-order valence-electron chi connectivity index (χ4n) is 2.11. The summed E-state index contributed by atoms with van der Waals surface area (Å²) in [6, 6.07) is 4.65. The van der Waals surface area contributed by atoms with Crippen molar-refractivity contribution in [2.75, 3.05) is 7.11 Å². The van der Waals surface area contributed by atoms with Crippen LogP contribution in [0.2, 0.25) is 0 Å². The first kappa shape index (κ1) is 18.4. The van der Waals surface area contributed by atoms with Gasteiger partial charge in [-0.15, -0.1) is 5.10 Å². The molecule has 0 radical (unpaired) electrons. The molecule has 10 heteroatoms. The molecule has 0 amide bonds. The van der Waals surface area contributed by atoms with E-state index in [1.54, 1.807) is 23.6 Å². The zero-order chi connectivity index (χ0) is 17.2. The van der Waals surface area contributed by atoms with E-state index in [0.29, 0.717) is 22.9 Å². The number of hydrogen-bond acceptors (Lipinski definition) is 5. The summed E-state index contributed by atoms with van der Waals surface area (Å²) >= 11 is 6.57. The van der Waals surface area contributed by atoms with E-state index in [0.717, 1.165) is 4.47 Å². The van der Waals surface area contributed by atoms with Gasteiger partial charge in [-0.05, 0) is 48.0 Å². The Morgan fingerprint density at radius 2 is 2.04 bits per heavy atom. The molecule has 2 aromatic rings. The molecule has 1 N–H and O–H groups in total. The first-order chi connectivity index (χ1) is 10.8. The number of rotatable bonds is 6. The molecule has 0 unspecified atom stereocenters. The molecule has 23 heavy (non-hydrogen) atoms. The normalized spacial score (nSPS) is 13.1. The standard InChI is InChI=1S/C13H16Br2N4O3S/c1-4-19-12(16-17-13(19)22-3)8(2)18-23(20,21)11-6-5-9(14)7-10(11)15/h5-8,18H,4H2,1-3H3/t8-/m1/s1. The van der Waals surface area contributed by atoms with Gasteiger partial charge in [0.25, 0.3) is 0 Å². The second kappa shape index (κ2) is 7.29. The fourth-order valence-corrected chi connectivity index (χ4v) is 5.06. The van der Waals surface area contributed by atoms with E-state index in [-0.39, 0.29) is 4.90 Å². The van der Waals surface area contributed by atoms with Gasteiger partial charge in [-0.2, -0.15) is 0 Å². The summed E-state index contributed by atoms with van der Waals surface area (Å²) in [6.07, 6.45) is 0. The van der Waals surface area contributed by atoms with Gasteiger partial charge in [-0.1, -0.05) is 21.0 Å². The molecule has 1 heterocycles. The predicted octanol–water partition coefficient (Wildman–Crippen LogP) is 2.87. The Morgan fingerprint density at radius 3 is 2.61 bits per heavy atom. The number of ether oxygens (including phenoxy) is 1. The largest absolute Gasteiger partial charge is 0.467 e. The maximum atomic E-state index is 12.6. The number of nitrogens with zero attached hydrogens (tertiary/aromatic N) is 3. The van der Waals surface area contributed by atoms with Gasteiger partial charge in [0.15, 0.2) is 5.82 Å². The molecule has 0 saturated heterocycles. The van der Waals surface area contributed by atoms with Gasteiger partial charge in [0, 0.05) is 15.5 Å². The lowest BCUT2D eigenvalue weighted by Crippen LogP contribution is -2.29. The minimum atomic E-state index is -3.72. The summed E-state index contributed by atoms with van der Waals surface area (Å²) in [5, 5.41) is 7.91. The molecule has 7 nitrogen and oxygen atoms in total. The highest BCUT2D eigenvalue weighted by Crippen LogP contribution is 2.27. The molecule has 126 valence electrons. The van der Waals surface area contributed by atoms with E-state index in [1.807, 2.05) is 6.92 Å². The number of methoxy groups -OCH3 is 1. The van der Waals surface area contributed by atoms with Gasteiger partial charge in [0.2, 0.25) is 10.0 Å². The van der Waals surface area contributed by atoms with Gasteiger partial charge in [-0.25, -0.2) is 13.1 Å². The predicted molar refractivity (Wildman–Crippen MR) is 92.8 cm³/mol. The lowest BCUT2D eigenvalue weighted by molar-refractivity contribution is 0.354. The summed E-state index contributed by atoms with van der Waals surface area (Å²) in [6.45, 7) is 4.18. The summed E-state index contributed by atoms with van der Waals surface area (Å²) in [5.74, 6) is 0.487. The SMILES string of the molecule is CCn1c(OC)nnc1[C@@H](C)NS(=O)(=O)c1ccc(Br)cc1Br. The van der Waals surface area contributed by atoms with Crippen molar-refractivity contribution in [3.63, 3.8) is 0 Å². The lowest BCUT2D eigenvalue weighted by Gasteiger charge is -2.15. The van der Waals surface area contributed by atoms with Gasteiger partial charge < -0.3 is 4.74 Å². The molecule has 1 aromatic carbocycles. The number of halogens is 2. The molecule has 0 fully saturated rings. The van der Waals surface area contributed by atoms with Gasteiger partial charge in [0.1, 0.15) is 0 Å². The van der Waals surface area contributed by atoms with Crippen molar-refractivity contribution in [1.82, 2.24) is 19.5 Å². The first-order valence-corrected chi connectivity index (χ1v) is 9.81. The van der Waals surface area contributed by atoms with Crippen LogP contribution in [0, 0.1) is 0 Å². The third kappa shape index (κ3) is 3.93. The fraction of sp³-hybridized carbons (Fsp3) is 0.385. The van der Waals surface area contributed by atoms with Gasteiger partial charge in [0.05, 0.1) is 18.0 Å². The van der Waals surface area contributed by atoms with Crippen molar-refractivity contribution in [2.45, 2.75) is 31.3 Å². The van der Waals surface area contributed by atoms with E-state index in [1.165, 1.54) is 13.2 Å². The molecule has 2 rings (SSSR count). The number of nitrogens with one attached hydrogen (secondary N) is 1. The maximum absolute atomic E-state index is 12.6. The molecule has 0 spiro atoms. The highest BCUT2D eigenvalue weighted by atomic mass is 79.9. The Bertz CT molecular complexity index is 808. The molecule has 1 atom stereocenters. The smallest absolute Gasteiger partial charge is 0.316 e. The van der Waals surface area contributed by atoms with Crippen LogP contribution in [0.15, 0.2) is 32.0 Å². The molecule has 0 saturated carbocycles. The van der Waals surface area contributed by atoms with Crippen LogP contribution in [0.25, 0.3) is 0 Å². The van der Waals surface area contributed by atoms with Crippen LogP contribution in [0.5, 0.6) is 6.01 Å². The van der Waals surface area contributed by atoms with Crippen molar-refractivity contribution >= 4 is 41.9 Å². The van der Waals surface area contributed by atoms with Crippen molar-refractivity contribution in [2.24, 2.45) is 0 Å². The van der Waals surface area contributed by atoms with Gasteiger partial charge in [-0.3, -0.25) is 4.57 Å². The highest BCUT2D eigenvalue weighted by molar-refractivity contribution is 9.11. The van der Waals surface area contributed by atoms with Crippen LogP contribution in [0.4, 0.5) is 0 Å². The molecular formula is C13H16Br2N4O3S. The van der Waals surface area contributed by atoms with Crippen molar-refractivity contribution < 1.29 is 13.2 Å². The Hall–Kier alpha value is -0.970. The van der Waals surface area contributed by atoms with E-state index in [2.05, 4.69) is 46.8 Å². The third-order valence-corrected chi connectivity index (χ3v) is 6.16. The number of aromatic nitrogens is 3. The lowest BCUT2D eigenvalue weighted by atomic mass is 10.3. The molecule has 1 aromatic heterocycles. The third-order valence-electron chi connectivity index (χ3n) is 3.15. The highest BCUT2D eigenvalue weighted by Gasteiger charge is 2.25. The van der Waals surface area contributed by atoms with Crippen molar-refractivity contribution in [1.29, 1.82) is 0 Å². The number of sulfonamides is 1. The number of benzene rings is 1. The first-order valence-electron chi connectivity index (χ1n) is 6.74. The van der Waals surface area contributed by atoms with E-state index in [9.17, 15) is 8.42 Å². The topological polar surface area (TPSA) is 86.1 Å². The maximum Gasteiger partial charge on any atom is 0.316 e. The zero-order valence-electron chi connectivity index (χ0n) is 12.7. The van der Waals surface area contributed by atoms with E-state index in [4.69, 9.17) is 4.74 Å². The Balaban J connectivity index is 2.32. The Labute approximate surface area is 151 Å². The van der Waals surface area contributed by atoms with Crippen LogP contribution in [0.1, 0.15) is 25.7 Å². The van der Waals surface area contributed by atoms with Crippen LogP contribution in [-0.4, -0.2) is 30.3 Å². The van der Waals surface area contributed by atoms with Crippen LogP contribution >= 0.6 is 31.9 Å². The Kier molecular flexibility index (Phi) is 5.82. The quantitative estimate of drug-likeness (QED) is 0.705. The van der Waals surface area contributed by atoms with Crippen molar-refractivity contribution in [3.05, 3.63) is 33.0 Å². The van der Waals surface area contributed by atoms with Crippen molar-refractivity contribution in [3.8, 4) is 6.01 Å². The molecule has 0 aliphatic carbocycles. The second-order valence-electron chi connectivity index (χ2n) is 4.71. The molecule has 0 aliphatic rings. The van der Waals surface area contributed by atoms with Gasteiger partial charge >= 0.3 is 6.01 Å². The average Bonchev–Trinajstić information content (AvgIpc) is 2.89. The van der Waals surface area contributed by atoms with E-state index < -0.39 is 16.1 Å². The summed E-state index contributed by atoms with van der Waals surface area (Å²) in [5.41, 5.74) is 0. The molecule has 0 aliphatic heterocycles. The van der Waals surface area contributed by atoms with Crippen LogP contribution in [-0.2, 0) is 16.6 Å². The minimum Gasteiger partial charge on any atom is -0.467 e. The van der Waals surface area contributed by atoms with Crippen LogP contribution in [0.3, 0.4) is 0 Å². The van der Waals surface area contributed by atoms with E-state index >= 15 is 0 Å². The molecule has 0 bridgehead atoms. The number of hydrogen-bond donors (Lipinski definition) is 1. The average molecular weight is 468 g/mol. The van der Waals surface area contributed by atoms with Crippen LogP contribution < -0.4 is 9.46 Å². The summed E-state index contributed by atoms with van der Waals surface area (Å²) in [7, 11) is -2.22. The monoisotopic (exact) mass is 466 g/mol. The molecular weight excluding hydrogens is 452 g/mol. The second-order valence-corrected chi connectivity index (χ2v) is 8.16. The Morgan fingerprint density at radius 1 is 1.35 bits per heavy atom. The minimum absolute atomic E-state index is 0.155. The summed E-state index contributed by atoms with van der Waals surface area (Å²) < 4.78 is 35.9.